The number of thioether (sulfide) groups is 1. The van der Waals surface area contributed by atoms with Gasteiger partial charge in [-0.15, -0.1) is 11.8 Å². The van der Waals surface area contributed by atoms with Crippen LogP contribution in [0.5, 0.6) is 0 Å². The number of nitrogens with zero attached hydrogens (tertiary/aromatic N) is 1. The van der Waals surface area contributed by atoms with E-state index in [1.165, 1.54) is 24.9 Å². The van der Waals surface area contributed by atoms with Gasteiger partial charge in [-0.25, -0.2) is 17.2 Å². The van der Waals surface area contributed by atoms with Crippen LogP contribution in [0.25, 0.3) is 0 Å². The number of halogens is 2. The number of carbonyl (C=O) groups is 1. The molecule has 0 radical (unpaired) electrons. The van der Waals surface area contributed by atoms with E-state index in [1.807, 2.05) is 0 Å². The highest BCUT2D eigenvalue weighted by atomic mass is 32.2. The molecule has 1 heterocycles. The number of rotatable bonds is 5. The van der Waals surface area contributed by atoms with Gasteiger partial charge in [0, 0.05) is 17.7 Å². The third-order valence-electron chi connectivity index (χ3n) is 4.25. The number of benzene rings is 2. The maximum atomic E-state index is 13.9. The molecule has 2 aromatic rings. The Morgan fingerprint density at radius 2 is 1.93 bits per heavy atom. The Balaban J connectivity index is 1.70. The average Bonchev–Trinajstić information content (AvgIpc) is 2.63. The van der Waals surface area contributed by atoms with Crippen LogP contribution in [-0.4, -0.2) is 38.0 Å². The zero-order valence-electron chi connectivity index (χ0n) is 14.5. The van der Waals surface area contributed by atoms with Crippen LogP contribution in [0.3, 0.4) is 0 Å². The van der Waals surface area contributed by atoms with Gasteiger partial charge in [-0.1, -0.05) is 12.1 Å². The van der Waals surface area contributed by atoms with Crippen LogP contribution in [0.2, 0.25) is 0 Å². The molecular weight excluding hydrogens is 394 g/mol. The second-order valence-corrected chi connectivity index (χ2v) is 9.28. The molecule has 0 aromatic heterocycles. The van der Waals surface area contributed by atoms with E-state index in [0.29, 0.717) is 22.6 Å². The maximum absolute atomic E-state index is 13.9. The topological polar surface area (TPSA) is 66.5 Å². The summed E-state index contributed by atoms with van der Waals surface area (Å²) in [6.45, 7) is -0.395. The van der Waals surface area contributed by atoms with Gasteiger partial charge in [0.1, 0.15) is 11.6 Å². The fourth-order valence-electron chi connectivity index (χ4n) is 2.85. The van der Waals surface area contributed by atoms with Gasteiger partial charge in [0.15, 0.2) is 0 Å². The Morgan fingerprint density at radius 3 is 2.63 bits per heavy atom. The molecule has 1 aliphatic rings. The Kier molecular flexibility index (Phi) is 5.83. The van der Waals surface area contributed by atoms with Gasteiger partial charge in [0.05, 0.1) is 17.5 Å². The van der Waals surface area contributed by atoms with Crippen LogP contribution in [0, 0.1) is 11.6 Å². The van der Waals surface area contributed by atoms with E-state index in [9.17, 15) is 22.0 Å². The summed E-state index contributed by atoms with van der Waals surface area (Å²) in [5.74, 6) is -0.707. The van der Waals surface area contributed by atoms with E-state index < -0.39 is 28.3 Å². The first-order valence-corrected chi connectivity index (χ1v) is 10.6. The van der Waals surface area contributed by atoms with Gasteiger partial charge in [-0.2, -0.15) is 4.31 Å². The highest BCUT2D eigenvalue weighted by Crippen LogP contribution is 2.37. The van der Waals surface area contributed by atoms with E-state index >= 15 is 0 Å². The predicted molar refractivity (Wildman–Crippen MR) is 98.8 cm³/mol. The van der Waals surface area contributed by atoms with Crippen molar-refractivity contribution in [2.45, 2.75) is 22.3 Å². The molecule has 0 bridgehead atoms. The standard InChI is InChI=1S/C18H18F2N2O3S2/c1-22(27(24,25)13-7-5-12(19)6-8-13)11-17(23)21-16-9-10-26-18-14(16)3-2-4-15(18)20/h2-8,16H,9-11H2,1H3,(H,21,23)/t16-/m1/s1. The van der Waals surface area contributed by atoms with Crippen molar-refractivity contribution in [3.8, 4) is 0 Å². The first-order chi connectivity index (χ1) is 12.8. The molecule has 1 N–H and O–H groups in total. The SMILES string of the molecule is CN(CC(=O)N[C@@H]1CCSc2c(F)cccc21)S(=O)(=O)c1ccc(F)cc1. The van der Waals surface area contributed by atoms with Crippen molar-refractivity contribution in [3.05, 3.63) is 59.7 Å². The lowest BCUT2D eigenvalue weighted by molar-refractivity contribution is -0.121. The van der Waals surface area contributed by atoms with E-state index in [4.69, 9.17) is 0 Å². The van der Waals surface area contributed by atoms with E-state index in [2.05, 4.69) is 5.32 Å². The monoisotopic (exact) mass is 412 g/mol. The minimum absolute atomic E-state index is 0.0966. The first kappa shape index (κ1) is 19.8. The number of nitrogens with one attached hydrogen (secondary N) is 1. The number of sulfonamides is 1. The minimum atomic E-state index is -3.92. The van der Waals surface area contributed by atoms with Gasteiger partial charge >= 0.3 is 0 Å². The van der Waals surface area contributed by atoms with Gasteiger partial charge in [0.2, 0.25) is 15.9 Å². The highest BCUT2D eigenvalue weighted by Gasteiger charge is 2.27. The molecular formula is C18H18F2N2O3S2. The number of carbonyl (C=O) groups excluding carboxylic acids is 1. The van der Waals surface area contributed by atoms with E-state index in [1.54, 1.807) is 12.1 Å². The quantitative estimate of drug-likeness (QED) is 0.820. The lowest BCUT2D eigenvalue weighted by atomic mass is 10.0. The molecule has 0 spiro atoms. The summed E-state index contributed by atoms with van der Waals surface area (Å²) in [7, 11) is -2.64. The van der Waals surface area contributed by atoms with E-state index in [0.717, 1.165) is 28.6 Å². The predicted octanol–water partition coefficient (Wildman–Crippen LogP) is 2.94. The number of hydrogen-bond acceptors (Lipinski definition) is 4. The molecule has 0 aliphatic carbocycles. The number of likely N-dealkylation sites (N-methyl/N-ethyl adjacent to an activating group) is 1. The Hall–Kier alpha value is -1.97. The smallest absolute Gasteiger partial charge is 0.243 e. The van der Waals surface area contributed by atoms with Crippen molar-refractivity contribution in [2.75, 3.05) is 19.3 Å². The molecule has 0 saturated carbocycles. The first-order valence-electron chi connectivity index (χ1n) is 8.21. The zero-order valence-corrected chi connectivity index (χ0v) is 16.1. The number of hydrogen-bond donors (Lipinski definition) is 1. The zero-order chi connectivity index (χ0) is 19.6. The van der Waals surface area contributed by atoms with Gasteiger partial charge < -0.3 is 5.32 Å². The number of fused-ring (bicyclic) bond motifs is 1. The average molecular weight is 412 g/mol. The molecule has 1 atom stereocenters. The molecule has 144 valence electrons. The van der Waals surface area contributed by atoms with Crippen molar-refractivity contribution in [1.82, 2.24) is 9.62 Å². The maximum Gasteiger partial charge on any atom is 0.243 e. The molecule has 0 unspecified atom stereocenters. The summed E-state index contributed by atoms with van der Waals surface area (Å²) in [6.07, 6.45) is 0.626. The molecule has 0 fully saturated rings. The molecule has 9 heteroatoms. The Morgan fingerprint density at radius 1 is 1.22 bits per heavy atom. The van der Waals surface area contributed by atoms with Crippen molar-refractivity contribution in [2.24, 2.45) is 0 Å². The second kappa shape index (κ2) is 7.95. The summed E-state index contributed by atoms with van der Waals surface area (Å²) in [5, 5.41) is 2.78. The minimum Gasteiger partial charge on any atom is -0.348 e. The van der Waals surface area contributed by atoms with Crippen molar-refractivity contribution in [3.63, 3.8) is 0 Å². The lowest BCUT2D eigenvalue weighted by Crippen LogP contribution is -2.40. The van der Waals surface area contributed by atoms with Crippen LogP contribution < -0.4 is 5.32 Å². The molecule has 0 saturated heterocycles. The second-order valence-electron chi connectivity index (χ2n) is 6.13. The van der Waals surface area contributed by atoms with Crippen molar-refractivity contribution >= 4 is 27.7 Å². The number of amides is 1. The summed E-state index contributed by atoms with van der Waals surface area (Å²) >= 11 is 1.40. The third kappa shape index (κ3) is 4.31. The fourth-order valence-corrected chi connectivity index (χ4v) is 5.12. The van der Waals surface area contributed by atoms with Crippen molar-refractivity contribution < 1.29 is 22.0 Å². The van der Waals surface area contributed by atoms with Gasteiger partial charge in [-0.05, 0) is 42.3 Å². The van der Waals surface area contributed by atoms with Crippen LogP contribution >= 0.6 is 11.8 Å². The molecule has 5 nitrogen and oxygen atoms in total. The molecule has 27 heavy (non-hydrogen) atoms. The summed E-state index contributed by atoms with van der Waals surface area (Å²) in [5.41, 5.74) is 0.698. The lowest BCUT2D eigenvalue weighted by Gasteiger charge is -2.27. The molecule has 3 rings (SSSR count). The molecule has 2 aromatic carbocycles. The van der Waals surface area contributed by atoms with Gasteiger partial charge in [0.25, 0.3) is 0 Å². The third-order valence-corrected chi connectivity index (χ3v) is 7.23. The normalized spacial score (nSPS) is 16.8. The Labute approximate surface area is 160 Å². The van der Waals surface area contributed by atoms with Gasteiger partial charge in [-0.3, -0.25) is 4.79 Å². The van der Waals surface area contributed by atoms with Crippen molar-refractivity contribution in [1.29, 1.82) is 0 Å². The van der Waals surface area contributed by atoms with Crippen LogP contribution in [0.15, 0.2) is 52.3 Å². The van der Waals surface area contributed by atoms with Crippen LogP contribution in [-0.2, 0) is 14.8 Å². The summed E-state index contributed by atoms with van der Waals surface area (Å²) in [4.78, 5) is 12.8. The fraction of sp³-hybridized carbons (Fsp3) is 0.278. The van der Waals surface area contributed by atoms with E-state index in [-0.39, 0.29) is 16.8 Å². The highest BCUT2D eigenvalue weighted by molar-refractivity contribution is 7.99. The molecule has 1 aliphatic heterocycles. The summed E-state index contributed by atoms with van der Waals surface area (Å²) in [6, 6.07) is 8.74. The molecule has 1 amide bonds. The van der Waals surface area contributed by atoms with Crippen LogP contribution in [0.1, 0.15) is 18.0 Å². The largest absolute Gasteiger partial charge is 0.348 e. The Bertz CT molecular complexity index is 950. The summed E-state index contributed by atoms with van der Waals surface area (Å²) < 4.78 is 52.8. The van der Waals surface area contributed by atoms with Crippen LogP contribution in [0.4, 0.5) is 8.78 Å².